The molecule has 7 rings (SSSR count). The van der Waals surface area contributed by atoms with Gasteiger partial charge in [-0.2, -0.15) is 9.97 Å². The summed E-state index contributed by atoms with van der Waals surface area (Å²) in [6.45, 7) is -1.67. The zero-order valence-corrected chi connectivity index (χ0v) is 24.7. The summed E-state index contributed by atoms with van der Waals surface area (Å²) in [5.41, 5.74) is 9.34. The van der Waals surface area contributed by atoms with Gasteiger partial charge in [0, 0.05) is 0 Å². The van der Waals surface area contributed by atoms with E-state index in [1.165, 1.54) is 0 Å². The number of aliphatic hydroxyl groups excluding tert-OH is 2. The number of anilines is 2. The quantitative estimate of drug-likeness (QED) is 0.0913. The van der Waals surface area contributed by atoms with Crippen molar-refractivity contribution >= 4 is 49.7 Å². The number of hydrogen-bond acceptors (Lipinski definition) is 18. The molecule has 0 bridgehead atoms. The maximum atomic E-state index is 13.1. The fraction of sp³-hybridized carbons (Fsp3) is 0.500. The predicted molar refractivity (Wildman–Crippen MR) is 146 cm³/mol. The van der Waals surface area contributed by atoms with E-state index in [0.717, 1.165) is 21.8 Å². The van der Waals surface area contributed by atoms with Crippen LogP contribution in [0, 0.1) is 0 Å². The number of imidazole rings is 2. The summed E-state index contributed by atoms with van der Waals surface area (Å²) in [6, 6.07) is -3.09. The van der Waals surface area contributed by atoms with Crippen molar-refractivity contribution in [3.63, 3.8) is 0 Å². The minimum absolute atomic E-state index is 0.108. The van der Waals surface area contributed by atoms with Crippen LogP contribution in [-0.4, -0.2) is 99.0 Å². The van der Waals surface area contributed by atoms with E-state index in [1.54, 1.807) is 0 Å². The van der Waals surface area contributed by atoms with E-state index in [2.05, 4.69) is 40.1 Å². The molecule has 0 amide bonds. The minimum Gasteiger partial charge on any atom is -0.766 e. The van der Waals surface area contributed by atoms with E-state index < -0.39 is 88.8 Å². The SMILES string of the molecule is Nc1nc2c(ncn2[C@@H]2O[C@@H]3COP(=O)([O-])N[C@H]4[C@@H](O)[C@H](n5cnc6c(=O)[nH]c(N)nc65)O[C@@H]4COP(=O)([O-])N[C@H]3[C@H]2O)c(=O)[nH]1. The number of nitrogen functional groups attached to an aromatic ring is 2. The Kier molecular flexibility index (Phi) is 7.39. The maximum Gasteiger partial charge on any atom is 0.280 e. The van der Waals surface area contributed by atoms with Crippen LogP contribution in [0.5, 0.6) is 0 Å². The summed E-state index contributed by atoms with van der Waals surface area (Å²) in [7, 11) is -10.2. The number of nitrogens with one attached hydrogen (secondary N) is 4. The van der Waals surface area contributed by atoms with Crippen LogP contribution in [-0.2, 0) is 27.7 Å². The highest BCUT2D eigenvalue weighted by Crippen LogP contribution is 2.44. The van der Waals surface area contributed by atoms with Gasteiger partial charge in [0.05, 0.1) is 38.0 Å². The van der Waals surface area contributed by atoms with Crippen LogP contribution < -0.4 is 42.5 Å². The zero-order chi connectivity index (χ0) is 32.7. The molecule has 3 saturated heterocycles. The van der Waals surface area contributed by atoms with E-state index in [4.69, 9.17) is 30.0 Å². The predicted octanol–water partition coefficient (Wildman–Crippen LogP) is -5.17. The third-order valence-electron chi connectivity index (χ3n) is 7.63. The van der Waals surface area contributed by atoms with Crippen LogP contribution in [0.3, 0.4) is 0 Å². The molecule has 4 aromatic rings. The normalized spacial score (nSPS) is 37.1. The fourth-order valence-corrected chi connectivity index (χ4v) is 7.79. The van der Waals surface area contributed by atoms with Crippen molar-refractivity contribution in [2.24, 2.45) is 0 Å². The Morgan fingerprint density at radius 3 is 1.57 bits per heavy atom. The number of aliphatic hydroxyl groups is 2. The molecule has 26 heteroatoms. The highest BCUT2D eigenvalue weighted by molar-refractivity contribution is 7.49. The molecule has 7 heterocycles. The average molecular weight is 686 g/mol. The lowest BCUT2D eigenvalue weighted by Gasteiger charge is -2.36. The molecule has 3 aliphatic rings. The second kappa shape index (κ2) is 11.0. The molecule has 3 aliphatic heterocycles. The number of nitrogens with two attached hydrogens (primary N) is 2. The van der Waals surface area contributed by atoms with Gasteiger partial charge in [0.1, 0.15) is 24.4 Å². The molecule has 24 nitrogen and oxygen atoms in total. The number of nitrogens with zero attached hydrogens (tertiary/aromatic N) is 6. The van der Waals surface area contributed by atoms with Gasteiger partial charge in [-0.05, 0) is 0 Å². The van der Waals surface area contributed by atoms with E-state index in [0.29, 0.717) is 0 Å². The minimum atomic E-state index is -5.09. The standard InChI is InChI=1S/C20H26N12O12P2/c21-19-25-13-9(15(35)27-19)23-3-31(13)17-11(33)7-5(43-17)1-41-45(37,38)30-8-6(2-42-46(39,40)29-7)44-18(12(8)34)32-4-24-10-14(32)26-20(22)28-16(10)36/h3-8,11-12,17-18,33-34H,1-2H2,(H2,29,39,40)(H2,30,37,38)(H3,21,25,27,35)(H3,22,26,28,36)/p-2/t5-,6-,7-,8-,11-,12-,17-,18-/m1/s1. The Hall–Kier alpha value is -3.64. The topological polar surface area (TPSA) is 361 Å². The molecular weight excluding hydrogens is 662 g/mol. The molecule has 46 heavy (non-hydrogen) atoms. The molecule has 3 fully saturated rings. The molecule has 0 aromatic carbocycles. The Balaban J connectivity index is 1.18. The van der Waals surface area contributed by atoms with Gasteiger partial charge in [-0.3, -0.25) is 37.8 Å². The first-order valence-electron chi connectivity index (χ1n) is 13.3. The third kappa shape index (κ3) is 5.33. The fourth-order valence-electron chi connectivity index (χ4n) is 5.59. The van der Waals surface area contributed by atoms with Gasteiger partial charge in [0.15, 0.2) is 34.8 Å². The van der Waals surface area contributed by atoms with Crippen LogP contribution in [0.2, 0.25) is 0 Å². The van der Waals surface area contributed by atoms with Crippen molar-refractivity contribution in [2.75, 3.05) is 24.7 Å². The van der Waals surface area contributed by atoms with Gasteiger partial charge < -0.3 is 50.0 Å². The number of aromatic amines is 2. The lowest BCUT2D eigenvalue weighted by atomic mass is 10.1. The van der Waals surface area contributed by atoms with E-state index >= 15 is 0 Å². The molecule has 10 N–H and O–H groups in total. The number of hydrogen-bond donors (Lipinski definition) is 8. The van der Waals surface area contributed by atoms with Gasteiger partial charge in [0.25, 0.3) is 11.1 Å². The molecule has 2 unspecified atom stereocenters. The van der Waals surface area contributed by atoms with Crippen LogP contribution in [0.4, 0.5) is 11.9 Å². The summed E-state index contributed by atoms with van der Waals surface area (Å²) >= 11 is 0. The number of fused-ring (bicyclic) bond motifs is 4. The van der Waals surface area contributed by atoms with Gasteiger partial charge in [0.2, 0.25) is 27.4 Å². The van der Waals surface area contributed by atoms with Crippen LogP contribution in [0.1, 0.15) is 12.5 Å². The van der Waals surface area contributed by atoms with Crippen LogP contribution in [0.25, 0.3) is 22.3 Å². The van der Waals surface area contributed by atoms with Crippen LogP contribution in [0.15, 0.2) is 22.2 Å². The highest BCUT2D eigenvalue weighted by atomic mass is 31.2. The lowest BCUT2D eigenvalue weighted by molar-refractivity contribution is -0.209. The molecule has 0 spiro atoms. The summed E-state index contributed by atoms with van der Waals surface area (Å²) in [4.78, 5) is 71.0. The molecule has 0 saturated carbocycles. The number of aromatic nitrogens is 8. The van der Waals surface area contributed by atoms with Crippen molar-refractivity contribution in [2.45, 2.75) is 49.0 Å². The van der Waals surface area contributed by atoms with Crippen molar-refractivity contribution in [1.29, 1.82) is 0 Å². The molecule has 10 atom stereocenters. The second-order valence-corrected chi connectivity index (χ2v) is 13.6. The summed E-state index contributed by atoms with van der Waals surface area (Å²) < 4.78 is 50.2. The van der Waals surface area contributed by atoms with Crippen molar-refractivity contribution in [1.82, 2.24) is 49.2 Å². The Morgan fingerprint density at radius 1 is 0.783 bits per heavy atom. The number of ether oxygens (including phenoxy) is 2. The second-order valence-electron chi connectivity index (χ2n) is 10.6. The Morgan fingerprint density at radius 2 is 1.17 bits per heavy atom. The smallest absolute Gasteiger partial charge is 0.280 e. The van der Waals surface area contributed by atoms with Crippen molar-refractivity contribution in [3.05, 3.63) is 33.4 Å². The monoisotopic (exact) mass is 686 g/mol. The molecule has 0 radical (unpaired) electrons. The Bertz CT molecular complexity index is 1900. The van der Waals surface area contributed by atoms with Gasteiger partial charge in [-0.15, -0.1) is 0 Å². The largest absolute Gasteiger partial charge is 0.766 e. The van der Waals surface area contributed by atoms with E-state index in [9.17, 15) is 38.7 Å². The van der Waals surface area contributed by atoms with Crippen LogP contribution >= 0.6 is 15.5 Å². The number of rotatable bonds is 2. The maximum absolute atomic E-state index is 13.1. The average Bonchev–Trinajstić information content (AvgIpc) is 3.72. The highest BCUT2D eigenvalue weighted by Gasteiger charge is 2.50. The van der Waals surface area contributed by atoms with Crippen molar-refractivity contribution in [3.8, 4) is 0 Å². The lowest BCUT2D eigenvalue weighted by Crippen LogP contribution is -2.50. The summed E-state index contributed by atoms with van der Waals surface area (Å²) in [5, 5.41) is 26.6. The van der Waals surface area contributed by atoms with Gasteiger partial charge in [-0.25, -0.2) is 20.1 Å². The molecule has 4 aromatic heterocycles. The first-order chi connectivity index (χ1) is 21.7. The number of H-pyrrole nitrogens is 2. The first-order valence-corrected chi connectivity index (χ1v) is 16.4. The molecular formula is C20H24N12O12P2-2. The summed E-state index contributed by atoms with van der Waals surface area (Å²) in [5.74, 6) is -0.550. The zero-order valence-electron chi connectivity index (χ0n) is 22.9. The third-order valence-corrected chi connectivity index (χ3v) is 9.84. The van der Waals surface area contributed by atoms with Gasteiger partial charge in [-0.1, -0.05) is 0 Å². The van der Waals surface area contributed by atoms with Crippen molar-refractivity contribution < 1.29 is 47.7 Å². The molecule has 0 aliphatic carbocycles. The van der Waals surface area contributed by atoms with E-state index in [1.807, 2.05) is 0 Å². The summed E-state index contributed by atoms with van der Waals surface area (Å²) in [6.07, 6.45) is -7.04. The molecule has 248 valence electrons. The van der Waals surface area contributed by atoms with Gasteiger partial charge >= 0.3 is 0 Å². The first kappa shape index (κ1) is 31.0. The Labute approximate surface area is 253 Å². The van der Waals surface area contributed by atoms with E-state index in [-0.39, 0.29) is 34.2 Å².